The van der Waals surface area contributed by atoms with E-state index in [4.69, 9.17) is 5.73 Å². The summed E-state index contributed by atoms with van der Waals surface area (Å²) in [6.45, 7) is 0. The first-order valence-corrected chi connectivity index (χ1v) is 4.06. The third kappa shape index (κ3) is 1.61. The molecule has 52 valence electrons. The van der Waals surface area contributed by atoms with E-state index in [0.29, 0.717) is 5.56 Å². The summed E-state index contributed by atoms with van der Waals surface area (Å²) in [7, 11) is 0. The summed E-state index contributed by atoms with van der Waals surface area (Å²) in [6.07, 6.45) is 0. The van der Waals surface area contributed by atoms with Crippen LogP contribution in [0.2, 0.25) is 0 Å². The van der Waals surface area contributed by atoms with Crippen LogP contribution in [0.5, 0.6) is 0 Å². The molecule has 0 bridgehead atoms. The van der Waals surface area contributed by atoms with Crippen molar-refractivity contribution >= 4 is 27.1 Å². The van der Waals surface area contributed by atoms with Gasteiger partial charge >= 0.3 is 67.5 Å². The van der Waals surface area contributed by atoms with Crippen LogP contribution in [0.4, 0.5) is 0 Å². The predicted octanol–water partition coefficient (Wildman–Crippen LogP) is -0.956. The molecular formula is C7H8AsNO. The molecule has 0 saturated heterocycles. The zero-order valence-electron chi connectivity index (χ0n) is 5.37. The topological polar surface area (TPSA) is 43.1 Å². The minimum absolute atomic E-state index is 0.368. The second-order valence-corrected chi connectivity index (χ2v) is 3.38. The summed E-state index contributed by atoms with van der Waals surface area (Å²) in [6, 6.07) is 7.25. The molecule has 1 aromatic carbocycles. The molecule has 0 aliphatic carbocycles. The van der Waals surface area contributed by atoms with Gasteiger partial charge in [-0.05, 0) is 0 Å². The van der Waals surface area contributed by atoms with Crippen molar-refractivity contribution in [3.05, 3.63) is 29.8 Å². The van der Waals surface area contributed by atoms with Gasteiger partial charge in [-0.1, -0.05) is 0 Å². The molecule has 0 heterocycles. The molecule has 0 aliphatic rings. The van der Waals surface area contributed by atoms with Gasteiger partial charge in [0, 0.05) is 0 Å². The Balaban J connectivity index is 3.00. The van der Waals surface area contributed by atoms with Crippen LogP contribution < -0.4 is 10.1 Å². The van der Waals surface area contributed by atoms with Gasteiger partial charge in [0.25, 0.3) is 0 Å². The molecule has 3 heteroatoms. The monoisotopic (exact) mass is 197 g/mol. The number of hydrogen-bond acceptors (Lipinski definition) is 1. The van der Waals surface area contributed by atoms with Crippen molar-refractivity contribution in [1.29, 1.82) is 0 Å². The maximum atomic E-state index is 10.5. The Labute approximate surface area is 67.9 Å². The molecule has 1 atom stereocenters. The molecule has 0 fully saturated rings. The number of nitrogens with two attached hydrogens (primary N) is 1. The molecule has 0 aliphatic heterocycles. The third-order valence-electron chi connectivity index (χ3n) is 1.20. The van der Waals surface area contributed by atoms with Crippen molar-refractivity contribution in [2.45, 2.75) is 0 Å². The summed E-state index contributed by atoms with van der Waals surface area (Å²) < 4.78 is 1.19. The SMILES string of the molecule is NC(=O)c1ccc([AsH2])cc1. The molecule has 2 nitrogen and oxygen atoms in total. The fourth-order valence-corrected chi connectivity index (χ4v) is 1.05. The zero-order valence-corrected chi connectivity index (χ0v) is 7.79. The van der Waals surface area contributed by atoms with E-state index in [2.05, 4.69) is 0 Å². The molecule has 0 saturated carbocycles. The Morgan fingerprint density at radius 1 is 1.30 bits per heavy atom. The Hall–Kier alpha value is -0.752. The van der Waals surface area contributed by atoms with Crippen LogP contribution in [-0.2, 0) is 0 Å². The maximum absolute atomic E-state index is 10.5. The van der Waals surface area contributed by atoms with Gasteiger partial charge in [0.05, 0.1) is 0 Å². The first-order chi connectivity index (χ1) is 4.70. The summed E-state index contributed by atoms with van der Waals surface area (Å²) >= 11 is 1.54. The van der Waals surface area contributed by atoms with Gasteiger partial charge in [-0.3, -0.25) is 0 Å². The molecule has 1 amide bonds. The Bertz CT molecular complexity index is 242. The van der Waals surface area contributed by atoms with Gasteiger partial charge in [0.15, 0.2) is 0 Å². The quantitative estimate of drug-likeness (QED) is 0.579. The Morgan fingerprint density at radius 2 is 1.80 bits per heavy atom. The van der Waals surface area contributed by atoms with Crippen molar-refractivity contribution in [3.63, 3.8) is 0 Å². The number of hydrogen-bond donors (Lipinski definition) is 1. The molecular weight excluding hydrogens is 189 g/mol. The molecule has 1 aromatic rings. The molecule has 2 N–H and O–H groups in total. The number of rotatable bonds is 1. The number of amides is 1. The third-order valence-corrected chi connectivity index (χ3v) is 2.00. The van der Waals surface area contributed by atoms with Crippen molar-refractivity contribution < 1.29 is 4.79 Å². The van der Waals surface area contributed by atoms with E-state index in [1.54, 1.807) is 12.1 Å². The second-order valence-electron chi connectivity index (χ2n) is 1.99. The van der Waals surface area contributed by atoms with Gasteiger partial charge in [-0.2, -0.15) is 0 Å². The second kappa shape index (κ2) is 2.89. The summed E-state index contributed by atoms with van der Waals surface area (Å²) in [5, 5.41) is 0. The normalized spacial score (nSPS) is 9.30. The van der Waals surface area contributed by atoms with Crippen molar-refractivity contribution in [2.75, 3.05) is 0 Å². The summed E-state index contributed by atoms with van der Waals surface area (Å²) in [5.74, 6) is -0.368. The van der Waals surface area contributed by atoms with Crippen molar-refractivity contribution in [3.8, 4) is 0 Å². The van der Waals surface area contributed by atoms with Crippen molar-refractivity contribution in [2.24, 2.45) is 5.73 Å². The summed E-state index contributed by atoms with van der Waals surface area (Å²) in [5.41, 5.74) is 5.60. The standard InChI is InChI=1S/C7H8AsNO/c8-6-3-1-5(2-4-6)7(9)10/h1-4H,8H2,(H2,9,10). The summed E-state index contributed by atoms with van der Waals surface area (Å²) in [4.78, 5) is 10.5. The predicted molar refractivity (Wildman–Crippen MR) is 43.1 cm³/mol. The van der Waals surface area contributed by atoms with Gasteiger partial charge in [-0.15, -0.1) is 0 Å². The van der Waals surface area contributed by atoms with Crippen LogP contribution in [0, 0.1) is 0 Å². The fourth-order valence-electron chi connectivity index (χ4n) is 0.647. The molecule has 0 aromatic heterocycles. The average Bonchev–Trinajstić information content (AvgIpc) is 1.88. The fraction of sp³-hybridized carbons (Fsp3) is 0. The van der Waals surface area contributed by atoms with Gasteiger partial charge < -0.3 is 0 Å². The van der Waals surface area contributed by atoms with Crippen LogP contribution in [0.25, 0.3) is 0 Å². The van der Waals surface area contributed by atoms with Gasteiger partial charge in [-0.25, -0.2) is 0 Å². The number of primary amides is 1. The van der Waals surface area contributed by atoms with E-state index in [1.807, 2.05) is 12.1 Å². The van der Waals surface area contributed by atoms with Crippen LogP contribution in [-0.4, -0.2) is 22.8 Å². The van der Waals surface area contributed by atoms with Gasteiger partial charge in [0.2, 0.25) is 0 Å². The minimum atomic E-state index is -0.368. The average molecular weight is 197 g/mol. The number of carbonyl (C=O) groups is 1. The van der Waals surface area contributed by atoms with E-state index in [-0.39, 0.29) is 5.91 Å². The first kappa shape index (κ1) is 7.36. The molecule has 1 rings (SSSR count). The van der Waals surface area contributed by atoms with E-state index in [1.165, 1.54) is 21.2 Å². The van der Waals surface area contributed by atoms with E-state index in [9.17, 15) is 4.79 Å². The van der Waals surface area contributed by atoms with E-state index < -0.39 is 0 Å². The van der Waals surface area contributed by atoms with Crippen LogP contribution in [0.15, 0.2) is 24.3 Å². The molecule has 1 unspecified atom stereocenters. The van der Waals surface area contributed by atoms with Gasteiger partial charge in [0.1, 0.15) is 0 Å². The first-order valence-electron chi connectivity index (χ1n) is 2.85. The van der Waals surface area contributed by atoms with Crippen molar-refractivity contribution in [1.82, 2.24) is 0 Å². The van der Waals surface area contributed by atoms with Crippen LogP contribution >= 0.6 is 0 Å². The van der Waals surface area contributed by atoms with E-state index >= 15 is 0 Å². The van der Waals surface area contributed by atoms with Crippen LogP contribution in [0.3, 0.4) is 0 Å². The molecule has 0 radical (unpaired) electrons. The molecule has 10 heavy (non-hydrogen) atoms. The Morgan fingerprint density at radius 3 is 2.20 bits per heavy atom. The van der Waals surface area contributed by atoms with Crippen LogP contribution in [0.1, 0.15) is 10.4 Å². The number of carbonyl (C=O) groups excluding carboxylic acids is 1. The van der Waals surface area contributed by atoms with E-state index in [0.717, 1.165) is 0 Å². The number of benzene rings is 1. The Kier molecular flexibility index (Phi) is 2.13. The molecule has 0 spiro atoms. The zero-order chi connectivity index (χ0) is 7.56.